The summed E-state index contributed by atoms with van der Waals surface area (Å²) in [7, 11) is 2.83. The van der Waals surface area contributed by atoms with Gasteiger partial charge in [0.15, 0.2) is 23.2 Å². The average Bonchev–Trinajstić information content (AvgIpc) is 3.53. The second-order valence-corrected chi connectivity index (χ2v) is 10.6. The van der Waals surface area contributed by atoms with Crippen LogP contribution in [-0.2, 0) is 30.2 Å². The highest BCUT2D eigenvalue weighted by Gasteiger charge is 2.60. The maximum absolute atomic E-state index is 13.6. The van der Waals surface area contributed by atoms with Gasteiger partial charge in [-0.3, -0.25) is 9.69 Å². The number of carbonyl (C=O) groups is 2. The van der Waals surface area contributed by atoms with Crippen LogP contribution >= 0.6 is 0 Å². The van der Waals surface area contributed by atoms with Crippen LogP contribution in [0.25, 0.3) is 5.57 Å². The van der Waals surface area contributed by atoms with Gasteiger partial charge in [-0.25, -0.2) is 4.79 Å². The lowest BCUT2D eigenvalue weighted by molar-refractivity contribution is -0.187. The number of carbonyl (C=O) groups excluding carboxylic acids is 2. The van der Waals surface area contributed by atoms with E-state index in [2.05, 4.69) is 4.90 Å². The molecule has 3 aliphatic heterocycles. The summed E-state index contributed by atoms with van der Waals surface area (Å²) in [6.45, 7) is 5.61. The number of hydrogen-bond donors (Lipinski definition) is 1. The molecule has 0 aromatic heterocycles. The van der Waals surface area contributed by atoms with E-state index in [1.165, 1.54) is 7.11 Å². The van der Waals surface area contributed by atoms with Crippen LogP contribution in [0.1, 0.15) is 50.7 Å². The second-order valence-electron chi connectivity index (χ2n) is 10.6. The fraction of sp³-hybridized carbons (Fsp3) is 0.630. The summed E-state index contributed by atoms with van der Waals surface area (Å²) in [4.78, 5) is 28.1. The van der Waals surface area contributed by atoms with E-state index >= 15 is 0 Å². The minimum atomic E-state index is -1.99. The van der Waals surface area contributed by atoms with E-state index in [-0.39, 0.29) is 19.1 Å². The lowest BCUT2D eigenvalue weighted by Gasteiger charge is -2.43. The van der Waals surface area contributed by atoms with Crippen molar-refractivity contribution >= 4 is 17.5 Å². The largest absolute Gasteiger partial charge is 0.469 e. The maximum atomic E-state index is 13.6. The lowest BCUT2D eigenvalue weighted by atomic mass is 9.81. The molecule has 1 aliphatic carbocycles. The number of aliphatic hydroxyl groups is 1. The molecule has 1 fully saturated rings. The Balaban J connectivity index is 1.53. The highest BCUT2D eigenvalue weighted by Crippen LogP contribution is 2.54. The zero-order valence-electron chi connectivity index (χ0n) is 21.4. The first-order valence-electron chi connectivity index (χ1n) is 12.6. The van der Waals surface area contributed by atoms with Crippen LogP contribution in [0.15, 0.2) is 18.2 Å². The molecule has 1 aromatic carbocycles. The molecule has 36 heavy (non-hydrogen) atoms. The minimum Gasteiger partial charge on any atom is -0.469 e. The monoisotopic (exact) mass is 501 g/mol. The molecule has 4 aliphatic rings. The third kappa shape index (κ3) is 3.97. The predicted octanol–water partition coefficient (Wildman–Crippen LogP) is 2.47. The highest BCUT2D eigenvalue weighted by molar-refractivity contribution is 5.87. The molecule has 0 amide bonds. The zero-order valence-corrected chi connectivity index (χ0v) is 21.4. The van der Waals surface area contributed by atoms with Gasteiger partial charge >= 0.3 is 11.9 Å². The molecule has 4 atom stereocenters. The zero-order chi connectivity index (χ0) is 25.7. The Kier molecular flexibility index (Phi) is 6.51. The Morgan fingerprint density at radius 1 is 1.22 bits per heavy atom. The predicted molar refractivity (Wildman–Crippen MR) is 129 cm³/mol. The Bertz CT molecular complexity index is 1080. The van der Waals surface area contributed by atoms with Gasteiger partial charge in [-0.1, -0.05) is 13.8 Å². The summed E-state index contributed by atoms with van der Waals surface area (Å²) < 4.78 is 28.1. The summed E-state index contributed by atoms with van der Waals surface area (Å²) in [5.41, 5.74) is 0.672. The maximum Gasteiger partial charge on any atom is 0.339 e. The first-order chi connectivity index (χ1) is 17.2. The molecule has 196 valence electrons. The van der Waals surface area contributed by atoms with E-state index in [4.69, 9.17) is 23.7 Å². The van der Waals surface area contributed by atoms with Crippen LogP contribution in [0.4, 0.5) is 0 Å². The number of benzene rings is 1. The van der Waals surface area contributed by atoms with Crippen LogP contribution in [0.3, 0.4) is 0 Å². The van der Waals surface area contributed by atoms with Gasteiger partial charge in [-0.2, -0.15) is 0 Å². The van der Waals surface area contributed by atoms with Crippen molar-refractivity contribution in [1.82, 2.24) is 4.90 Å². The molecule has 2 unspecified atom stereocenters. The fourth-order valence-electron chi connectivity index (χ4n) is 6.47. The third-order valence-electron chi connectivity index (χ3n) is 7.95. The molecule has 1 aromatic rings. The van der Waals surface area contributed by atoms with Gasteiger partial charge in [0.2, 0.25) is 6.79 Å². The number of esters is 2. The van der Waals surface area contributed by atoms with Gasteiger partial charge in [0.05, 0.1) is 19.1 Å². The molecule has 9 nitrogen and oxygen atoms in total. The van der Waals surface area contributed by atoms with Crippen molar-refractivity contribution in [1.29, 1.82) is 0 Å². The van der Waals surface area contributed by atoms with Crippen LogP contribution in [0.2, 0.25) is 0 Å². The molecule has 3 heterocycles. The Morgan fingerprint density at radius 3 is 2.67 bits per heavy atom. The standard InChI is InChI=1S/C27H35NO8/c1-16(2)13-26(31,14-23(29)33-4)25(30)36-24-22(32-3)12-19-18-11-21-20(34-15-35-21)10-17(18)6-9-28-8-5-7-27(19,24)28/h10-12,16,22,24,31H,5-9,13-15H2,1-4H3/t22-,24?,26?,27+/m0/s1. The van der Waals surface area contributed by atoms with Crippen molar-refractivity contribution in [3.8, 4) is 11.5 Å². The smallest absolute Gasteiger partial charge is 0.339 e. The number of ether oxygens (including phenoxy) is 5. The molecule has 5 rings (SSSR count). The summed E-state index contributed by atoms with van der Waals surface area (Å²) >= 11 is 0. The van der Waals surface area contributed by atoms with Crippen molar-refractivity contribution < 1.29 is 38.4 Å². The Morgan fingerprint density at radius 2 is 1.97 bits per heavy atom. The molecule has 0 bridgehead atoms. The van der Waals surface area contributed by atoms with Gasteiger partial charge in [0.1, 0.15) is 6.10 Å². The van der Waals surface area contributed by atoms with Crippen molar-refractivity contribution in [2.75, 3.05) is 34.1 Å². The van der Waals surface area contributed by atoms with E-state index in [1.807, 2.05) is 32.1 Å². The van der Waals surface area contributed by atoms with Crippen molar-refractivity contribution in [2.45, 2.75) is 69.3 Å². The van der Waals surface area contributed by atoms with Crippen molar-refractivity contribution in [3.63, 3.8) is 0 Å². The van der Waals surface area contributed by atoms with E-state index in [0.29, 0.717) is 5.75 Å². The van der Waals surface area contributed by atoms with Gasteiger partial charge < -0.3 is 28.8 Å². The average molecular weight is 502 g/mol. The van der Waals surface area contributed by atoms with Gasteiger partial charge in [-0.15, -0.1) is 0 Å². The van der Waals surface area contributed by atoms with Gasteiger partial charge in [0, 0.05) is 13.7 Å². The fourth-order valence-corrected chi connectivity index (χ4v) is 6.47. The number of rotatable bonds is 7. The highest BCUT2D eigenvalue weighted by atomic mass is 16.7. The Hall–Kier alpha value is -2.62. The minimum absolute atomic E-state index is 0.0436. The molecule has 9 heteroatoms. The molecule has 0 radical (unpaired) electrons. The van der Waals surface area contributed by atoms with Gasteiger partial charge in [-0.05, 0) is 73.1 Å². The first-order valence-corrected chi connectivity index (χ1v) is 12.6. The second kappa shape index (κ2) is 9.36. The summed E-state index contributed by atoms with van der Waals surface area (Å²) in [5, 5.41) is 11.3. The quantitative estimate of drug-likeness (QED) is 0.564. The molecule has 1 spiro atoms. The lowest BCUT2D eigenvalue weighted by Crippen LogP contribution is -2.57. The molecular formula is C27H35NO8. The summed E-state index contributed by atoms with van der Waals surface area (Å²) in [6.07, 6.45) is 3.02. The van der Waals surface area contributed by atoms with Gasteiger partial charge in [0.25, 0.3) is 0 Å². The Labute approximate surface area is 211 Å². The topological polar surface area (TPSA) is 104 Å². The normalized spacial score (nSPS) is 28.0. The number of nitrogens with zero attached hydrogens (tertiary/aromatic N) is 1. The van der Waals surface area contributed by atoms with E-state index < -0.39 is 41.7 Å². The molecular weight excluding hydrogens is 466 g/mol. The molecule has 1 N–H and O–H groups in total. The van der Waals surface area contributed by atoms with E-state index in [9.17, 15) is 14.7 Å². The van der Waals surface area contributed by atoms with Crippen LogP contribution in [0, 0.1) is 5.92 Å². The van der Waals surface area contributed by atoms with Crippen LogP contribution < -0.4 is 9.47 Å². The SMILES string of the molecule is COC(=O)CC(O)(CC(C)C)C(=O)OC1[C@@H](OC)C=C2c3cc4c(cc3CCN3CCC[C@@]213)OCO4. The van der Waals surface area contributed by atoms with E-state index in [0.717, 1.165) is 54.8 Å². The summed E-state index contributed by atoms with van der Waals surface area (Å²) in [6, 6.07) is 4.07. The number of hydrogen-bond acceptors (Lipinski definition) is 9. The molecule has 0 saturated carbocycles. The van der Waals surface area contributed by atoms with Crippen LogP contribution in [0.5, 0.6) is 11.5 Å². The first kappa shape index (κ1) is 25.0. The van der Waals surface area contributed by atoms with Crippen molar-refractivity contribution in [2.24, 2.45) is 5.92 Å². The number of fused-ring (bicyclic) bond motifs is 3. The molecule has 1 saturated heterocycles. The van der Waals surface area contributed by atoms with Crippen molar-refractivity contribution in [3.05, 3.63) is 29.3 Å². The number of methoxy groups -OCH3 is 2. The summed E-state index contributed by atoms with van der Waals surface area (Å²) in [5.74, 6) is -0.0762. The third-order valence-corrected chi connectivity index (χ3v) is 7.95. The van der Waals surface area contributed by atoms with Crippen LogP contribution in [-0.4, -0.2) is 79.4 Å². The van der Waals surface area contributed by atoms with E-state index in [1.54, 1.807) is 7.11 Å².